The highest BCUT2D eigenvalue weighted by atomic mass is 16.4. The third-order valence-corrected chi connectivity index (χ3v) is 5.97. The smallest absolute Gasteiger partial charge is 0.335 e. The Balaban J connectivity index is 1.93. The SMILES string of the molecule is CCc1ccc(N(C)/C(=C2\C(=O)Nc3cc(C(=O)O)ccc32)c2ccccc2)cc1CC. The van der Waals surface area contributed by atoms with E-state index in [4.69, 9.17) is 0 Å². The van der Waals surface area contributed by atoms with E-state index in [-0.39, 0.29) is 11.5 Å². The number of hydrogen-bond acceptors (Lipinski definition) is 3. The lowest BCUT2D eigenvalue weighted by Crippen LogP contribution is -2.20. The number of carboxylic acid groups (broad SMARTS) is 1. The lowest BCUT2D eigenvalue weighted by molar-refractivity contribution is -0.110. The number of nitrogens with zero attached hydrogens (tertiary/aromatic N) is 1. The molecule has 0 spiro atoms. The van der Waals surface area contributed by atoms with Crippen LogP contribution >= 0.6 is 0 Å². The summed E-state index contributed by atoms with van der Waals surface area (Å²) in [5.41, 5.74) is 7.18. The van der Waals surface area contributed by atoms with Crippen LogP contribution in [0.1, 0.15) is 46.5 Å². The fourth-order valence-electron chi connectivity index (χ4n) is 4.27. The van der Waals surface area contributed by atoms with Crippen molar-refractivity contribution < 1.29 is 14.7 Å². The number of aromatic carboxylic acids is 1. The normalized spacial score (nSPS) is 14.0. The zero-order valence-electron chi connectivity index (χ0n) is 18.5. The Morgan fingerprint density at radius 1 is 0.906 bits per heavy atom. The Kier molecular flexibility index (Phi) is 5.82. The van der Waals surface area contributed by atoms with Gasteiger partial charge in [0, 0.05) is 18.3 Å². The third-order valence-electron chi connectivity index (χ3n) is 5.97. The molecule has 0 atom stereocenters. The molecule has 3 aromatic carbocycles. The first kappa shape index (κ1) is 21.4. The average molecular weight is 427 g/mol. The predicted octanol–water partition coefficient (Wildman–Crippen LogP) is 5.47. The minimum atomic E-state index is -1.03. The van der Waals surface area contributed by atoms with Gasteiger partial charge in [0.1, 0.15) is 0 Å². The Hall–Kier alpha value is -3.86. The van der Waals surface area contributed by atoms with E-state index in [0.717, 1.165) is 29.8 Å². The largest absolute Gasteiger partial charge is 0.478 e. The number of carbonyl (C=O) groups is 2. The van der Waals surface area contributed by atoms with Crippen molar-refractivity contribution in [3.8, 4) is 0 Å². The maximum Gasteiger partial charge on any atom is 0.335 e. The molecule has 0 saturated heterocycles. The molecule has 0 saturated carbocycles. The molecule has 1 aliphatic heterocycles. The maximum atomic E-state index is 13.1. The molecule has 5 nitrogen and oxygen atoms in total. The highest BCUT2D eigenvalue weighted by Crippen LogP contribution is 2.40. The Labute approximate surface area is 188 Å². The van der Waals surface area contributed by atoms with Crippen LogP contribution in [-0.2, 0) is 17.6 Å². The first-order chi connectivity index (χ1) is 15.4. The summed E-state index contributed by atoms with van der Waals surface area (Å²) in [6.45, 7) is 4.30. The molecule has 3 aromatic rings. The summed E-state index contributed by atoms with van der Waals surface area (Å²) in [7, 11) is 1.96. The van der Waals surface area contributed by atoms with Crippen molar-refractivity contribution in [2.24, 2.45) is 0 Å². The van der Waals surface area contributed by atoms with Crippen molar-refractivity contribution in [1.29, 1.82) is 0 Å². The highest BCUT2D eigenvalue weighted by Gasteiger charge is 2.31. The van der Waals surface area contributed by atoms with E-state index >= 15 is 0 Å². The number of aryl methyl sites for hydroxylation is 2. The third kappa shape index (κ3) is 3.78. The molecule has 32 heavy (non-hydrogen) atoms. The molecule has 0 aromatic heterocycles. The highest BCUT2D eigenvalue weighted by molar-refractivity contribution is 6.37. The van der Waals surface area contributed by atoms with Gasteiger partial charge in [-0.2, -0.15) is 0 Å². The van der Waals surface area contributed by atoms with Crippen LogP contribution < -0.4 is 10.2 Å². The predicted molar refractivity (Wildman–Crippen MR) is 129 cm³/mol. The average Bonchev–Trinajstić information content (AvgIpc) is 3.14. The molecule has 0 bridgehead atoms. The number of carboxylic acids is 1. The van der Waals surface area contributed by atoms with E-state index < -0.39 is 5.97 Å². The number of fused-ring (bicyclic) bond motifs is 1. The number of hydrogen-bond donors (Lipinski definition) is 2. The van der Waals surface area contributed by atoms with Gasteiger partial charge in [0.05, 0.1) is 22.5 Å². The Morgan fingerprint density at radius 3 is 2.28 bits per heavy atom. The van der Waals surface area contributed by atoms with Crippen LogP contribution in [-0.4, -0.2) is 24.0 Å². The summed E-state index contributed by atoms with van der Waals surface area (Å²) >= 11 is 0. The van der Waals surface area contributed by atoms with Crippen LogP contribution in [0.5, 0.6) is 0 Å². The van der Waals surface area contributed by atoms with Crippen LogP contribution in [0.25, 0.3) is 11.3 Å². The van der Waals surface area contributed by atoms with Gasteiger partial charge in [-0.25, -0.2) is 4.79 Å². The summed E-state index contributed by atoms with van der Waals surface area (Å²) < 4.78 is 0. The molecular weight excluding hydrogens is 400 g/mol. The second kappa shape index (κ2) is 8.71. The van der Waals surface area contributed by atoms with Crippen molar-refractivity contribution in [3.63, 3.8) is 0 Å². The lowest BCUT2D eigenvalue weighted by atomic mass is 9.97. The van der Waals surface area contributed by atoms with E-state index in [2.05, 4.69) is 37.4 Å². The molecule has 2 N–H and O–H groups in total. The number of amides is 1. The van der Waals surface area contributed by atoms with E-state index in [0.29, 0.717) is 16.8 Å². The van der Waals surface area contributed by atoms with Crippen LogP contribution in [0.3, 0.4) is 0 Å². The van der Waals surface area contributed by atoms with Gasteiger partial charge in [-0.3, -0.25) is 4.79 Å². The van der Waals surface area contributed by atoms with E-state index in [9.17, 15) is 14.7 Å². The number of nitrogens with one attached hydrogen (secondary N) is 1. The molecule has 1 amide bonds. The fraction of sp³-hybridized carbons (Fsp3) is 0.185. The van der Waals surface area contributed by atoms with Crippen molar-refractivity contribution in [2.75, 3.05) is 17.3 Å². The molecule has 0 aliphatic carbocycles. The Bertz CT molecular complexity index is 1230. The van der Waals surface area contributed by atoms with E-state index in [1.807, 2.05) is 42.3 Å². The van der Waals surface area contributed by atoms with Crippen LogP contribution in [0.2, 0.25) is 0 Å². The van der Waals surface area contributed by atoms with Gasteiger partial charge >= 0.3 is 5.97 Å². The van der Waals surface area contributed by atoms with Crippen LogP contribution in [0, 0.1) is 0 Å². The molecule has 5 heteroatoms. The van der Waals surface area contributed by atoms with Gasteiger partial charge in [0.25, 0.3) is 5.91 Å². The Morgan fingerprint density at radius 2 is 1.62 bits per heavy atom. The summed E-state index contributed by atoms with van der Waals surface area (Å²) in [6.07, 6.45) is 1.91. The molecule has 1 aliphatic rings. The van der Waals surface area contributed by atoms with Crippen molar-refractivity contribution in [1.82, 2.24) is 0 Å². The second-order valence-corrected chi connectivity index (χ2v) is 7.83. The monoisotopic (exact) mass is 426 g/mol. The molecule has 4 rings (SSSR count). The number of benzene rings is 3. The lowest BCUT2D eigenvalue weighted by Gasteiger charge is -2.26. The first-order valence-electron chi connectivity index (χ1n) is 10.8. The molecule has 0 fully saturated rings. The van der Waals surface area contributed by atoms with Gasteiger partial charge in [0.15, 0.2) is 0 Å². The summed E-state index contributed by atoms with van der Waals surface area (Å²) in [6, 6.07) is 21.0. The van der Waals surface area contributed by atoms with Crippen molar-refractivity contribution >= 4 is 34.5 Å². The summed E-state index contributed by atoms with van der Waals surface area (Å²) in [4.78, 5) is 26.6. The maximum absolute atomic E-state index is 13.1. The van der Waals surface area contributed by atoms with Crippen molar-refractivity contribution in [2.45, 2.75) is 26.7 Å². The minimum Gasteiger partial charge on any atom is -0.478 e. The van der Waals surface area contributed by atoms with E-state index in [1.165, 1.54) is 23.3 Å². The molecule has 0 unspecified atom stereocenters. The molecule has 162 valence electrons. The minimum absolute atomic E-state index is 0.141. The topological polar surface area (TPSA) is 69.6 Å². The second-order valence-electron chi connectivity index (χ2n) is 7.83. The molecule has 1 heterocycles. The fourth-order valence-corrected chi connectivity index (χ4v) is 4.27. The van der Waals surface area contributed by atoms with Gasteiger partial charge in [-0.15, -0.1) is 0 Å². The first-order valence-corrected chi connectivity index (χ1v) is 10.8. The van der Waals surface area contributed by atoms with Gasteiger partial charge < -0.3 is 15.3 Å². The van der Waals surface area contributed by atoms with Crippen molar-refractivity contribution in [3.05, 3.63) is 94.5 Å². The summed E-state index contributed by atoms with van der Waals surface area (Å²) in [5.74, 6) is -1.27. The van der Waals surface area contributed by atoms with Gasteiger partial charge in [-0.05, 0) is 53.8 Å². The van der Waals surface area contributed by atoms with E-state index in [1.54, 1.807) is 6.07 Å². The van der Waals surface area contributed by atoms with Gasteiger partial charge in [-0.1, -0.05) is 56.3 Å². The standard InChI is InChI=1S/C27H26N2O3/c1-4-17-11-13-21(15-18(17)5-2)29(3)25(19-9-7-6-8-10-19)24-22-14-12-20(27(31)32)16-23(22)28-26(24)30/h6-16H,4-5H2,1-3H3,(H,28,30)(H,31,32)/b25-24-. The molecular formula is C27H26N2O3. The van der Waals surface area contributed by atoms with Gasteiger partial charge in [0.2, 0.25) is 0 Å². The molecule has 0 radical (unpaired) electrons. The quantitative estimate of drug-likeness (QED) is 0.513. The number of anilines is 2. The van der Waals surface area contributed by atoms with Crippen LogP contribution in [0.4, 0.5) is 11.4 Å². The number of carbonyl (C=O) groups excluding carboxylic acids is 1. The number of rotatable bonds is 6. The summed E-state index contributed by atoms with van der Waals surface area (Å²) in [5, 5.41) is 12.2. The van der Waals surface area contributed by atoms with Crippen LogP contribution in [0.15, 0.2) is 66.7 Å². The zero-order chi connectivity index (χ0) is 22.8. The zero-order valence-corrected chi connectivity index (χ0v) is 18.5.